The minimum Gasteiger partial charge on any atom is -0.480 e. The molecule has 0 spiro atoms. The molecule has 1 heterocycles. The molecule has 13 nitrogen and oxygen atoms in total. The van der Waals surface area contributed by atoms with E-state index in [9.17, 15) is 29.3 Å². The average Bonchev–Trinajstić information content (AvgIpc) is 3.55. The number of aliphatic carboxylic acids is 1. The minimum atomic E-state index is -1.17. The normalized spacial score (nSPS) is 23.3. The molecule has 5 aliphatic rings. The smallest absolute Gasteiger partial charge is 0.335 e. The lowest BCUT2D eigenvalue weighted by atomic mass is 9.48. The number of hydrogen-bond acceptors (Lipinski definition) is 7. The summed E-state index contributed by atoms with van der Waals surface area (Å²) in [6.45, 7) is -0.389. The zero-order valence-electron chi connectivity index (χ0n) is 29.5. The Labute approximate surface area is 302 Å². The monoisotopic (exact) mass is 713 g/mol. The summed E-state index contributed by atoms with van der Waals surface area (Å²) in [5, 5.41) is 30.7. The molecule has 0 unspecified atom stereocenters. The van der Waals surface area contributed by atoms with Crippen molar-refractivity contribution in [2.24, 2.45) is 23.2 Å². The predicted molar refractivity (Wildman–Crippen MR) is 192 cm³/mol. The summed E-state index contributed by atoms with van der Waals surface area (Å²) in [5.74, 6) is 1.11. The number of carboxylic acids is 2. The third kappa shape index (κ3) is 8.68. The standard InChI is InChI=1S/C32H42N4O4.C7H5NO4/c1-36(19-27(37)38)31(40)24-8-5-9-25(15-24)33-30(39)28-26(34-29(35-28)23-6-3-2-4-7-23)10-11-32-16-20-12-21(17-32)14-22(13-20)18-32;9-7(10)5-2-1-3-6(4-5)8(11)12/h5,8-9,15,20-23H,2-4,6-7,10-14,16-19H2,1H3,(H,33,39)(H,34,35)(H,37,38);1-4H,(H,9,10). The number of aromatic amines is 1. The molecule has 0 aliphatic heterocycles. The van der Waals surface area contributed by atoms with Crippen molar-refractivity contribution in [1.82, 2.24) is 14.9 Å². The number of likely N-dealkylation sites (N-methyl/N-ethyl adjacent to an activating group) is 1. The number of H-pyrrole nitrogens is 1. The number of rotatable bonds is 11. The summed E-state index contributed by atoms with van der Waals surface area (Å²) in [4.78, 5) is 67.0. The van der Waals surface area contributed by atoms with E-state index in [2.05, 4.69) is 10.3 Å². The number of aryl methyl sites for hydroxylation is 1. The van der Waals surface area contributed by atoms with Gasteiger partial charge in [0.1, 0.15) is 18.1 Å². The van der Waals surface area contributed by atoms with Gasteiger partial charge in [0.15, 0.2) is 0 Å². The molecule has 52 heavy (non-hydrogen) atoms. The van der Waals surface area contributed by atoms with E-state index >= 15 is 0 Å². The van der Waals surface area contributed by atoms with Crippen molar-refractivity contribution in [3.05, 3.63) is 87.0 Å². The largest absolute Gasteiger partial charge is 0.480 e. The van der Waals surface area contributed by atoms with Crippen molar-refractivity contribution in [1.29, 1.82) is 0 Å². The first-order valence-corrected chi connectivity index (χ1v) is 18.3. The molecule has 8 rings (SSSR count). The molecule has 5 saturated carbocycles. The number of carbonyl (C=O) groups is 4. The Hall–Kier alpha value is -5.07. The SMILES string of the molecule is CN(CC(=O)O)C(=O)c1cccc(NC(=O)c2nc(C3CCCCC3)[nH]c2CCC23CC4CC(CC(C4)C2)C3)c1.O=C(O)c1cccc([N+](=O)[O-])c1. The second-order valence-electron chi connectivity index (χ2n) is 15.4. The highest BCUT2D eigenvalue weighted by atomic mass is 16.6. The molecule has 0 radical (unpaired) electrons. The second-order valence-corrected chi connectivity index (χ2v) is 15.4. The molecule has 4 N–H and O–H groups in total. The van der Waals surface area contributed by atoms with Crippen LogP contribution in [-0.2, 0) is 11.2 Å². The van der Waals surface area contributed by atoms with Crippen LogP contribution in [0.2, 0.25) is 0 Å². The Kier molecular flexibility index (Phi) is 11.1. The Morgan fingerprint density at radius 2 is 1.58 bits per heavy atom. The van der Waals surface area contributed by atoms with Crippen molar-refractivity contribution >= 4 is 35.1 Å². The van der Waals surface area contributed by atoms with E-state index in [1.807, 2.05) is 0 Å². The highest BCUT2D eigenvalue weighted by Gasteiger charge is 2.50. The van der Waals surface area contributed by atoms with Crippen molar-refractivity contribution in [2.45, 2.75) is 89.4 Å². The van der Waals surface area contributed by atoms with Crippen LogP contribution in [-0.4, -0.2) is 67.3 Å². The number of nitrogens with one attached hydrogen (secondary N) is 2. The van der Waals surface area contributed by atoms with Gasteiger partial charge in [-0.05, 0) is 112 Å². The van der Waals surface area contributed by atoms with Gasteiger partial charge in [-0.3, -0.25) is 24.5 Å². The lowest BCUT2D eigenvalue weighted by Gasteiger charge is -2.57. The zero-order chi connectivity index (χ0) is 37.0. The van der Waals surface area contributed by atoms with Crippen LogP contribution in [0.1, 0.15) is 126 Å². The van der Waals surface area contributed by atoms with Crippen LogP contribution in [0.15, 0.2) is 48.5 Å². The summed E-state index contributed by atoms with van der Waals surface area (Å²) in [6, 6.07) is 11.6. The number of non-ortho nitro benzene ring substituents is 1. The van der Waals surface area contributed by atoms with Crippen molar-refractivity contribution in [3.8, 4) is 0 Å². The van der Waals surface area contributed by atoms with Crippen LogP contribution in [0.25, 0.3) is 0 Å². The molecule has 13 heteroatoms. The van der Waals surface area contributed by atoms with Crippen LogP contribution in [0.3, 0.4) is 0 Å². The van der Waals surface area contributed by atoms with Gasteiger partial charge in [0.25, 0.3) is 17.5 Å². The number of amides is 2. The molecule has 0 saturated heterocycles. The molecule has 1 aromatic heterocycles. The third-order valence-corrected chi connectivity index (χ3v) is 11.5. The Balaban J connectivity index is 0.000000330. The van der Waals surface area contributed by atoms with Gasteiger partial charge in [-0.25, -0.2) is 9.78 Å². The molecule has 276 valence electrons. The number of nitro benzene ring substituents is 1. The van der Waals surface area contributed by atoms with Gasteiger partial charge in [0.05, 0.1) is 10.5 Å². The summed E-state index contributed by atoms with van der Waals surface area (Å²) in [5.41, 5.74) is 2.38. The van der Waals surface area contributed by atoms with E-state index in [4.69, 9.17) is 15.2 Å². The first-order valence-electron chi connectivity index (χ1n) is 18.3. The fourth-order valence-electron chi connectivity index (χ4n) is 9.52. The molecule has 5 fully saturated rings. The maximum Gasteiger partial charge on any atom is 0.335 e. The van der Waals surface area contributed by atoms with Gasteiger partial charge >= 0.3 is 11.9 Å². The molecule has 4 bridgehead atoms. The molecule has 2 amide bonds. The Morgan fingerprint density at radius 1 is 0.942 bits per heavy atom. The number of imidazole rings is 1. The predicted octanol–water partition coefficient (Wildman–Crippen LogP) is 7.31. The van der Waals surface area contributed by atoms with Crippen molar-refractivity contribution in [3.63, 3.8) is 0 Å². The van der Waals surface area contributed by atoms with Gasteiger partial charge in [-0.15, -0.1) is 0 Å². The molecule has 5 aliphatic carbocycles. The van der Waals surface area contributed by atoms with Crippen molar-refractivity contribution in [2.75, 3.05) is 18.9 Å². The van der Waals surface area contributed by atoms with E-state index in [0.29, 0.717) is 28.3 Å². The molecule has 2 aromatic carbocycles. The van der Waals surface area contributed by atoms with E-state index < -0.39 is 22.8 Å². The maximum absolute atomic E-state index is 13.6. The summed E-state index contributed by atoms with van der Waals surface area (Å²) >= 11 is 0. The number of benzene rings is 2. The fourth-order valence-corrected chi connectivity index (χ4v) is 9.52. The van der Waals surface area contributed by atoms with E-state index in [-0.39, 0.29) is 23.7 Å². The zero-order valence-corrected chi connectivity index (χ0v) is 29.5. The quantitative estimate of drug-likeness (QED) is 0.116. The number of hydrogen-bond donors (Lipinski definition) is 4. The summed E-state index contributed by atoms with van der Waals surface area (Å²) in [7, 11) is 1.45. The first kappa shape index (κ1) is 36.7. The summed E-state index contributed by atoms with van der Waals surface area (Å²) < 4.78 is 0. The second kappa shape index (κ2) is 15.7. The summed E-state index contributed by atoms with van der Waals surface area (Å²) in [6.07, 6.45) is 16.2. The molecular weight excluding hydrogens is 666 g/mol. The maximum atomic E-state index is 13.6. The van der Waals surface area contributed by atoms with Gasteiger partial charge in [-0.2, -0.15) is 0 Å². The topological polar surface area (TPSA) is 196 Å². The highest BCUT2D eigenvalue weighted by Crippen LogP contribution is 2.61. The van der Waals surface area contributed by atoms with E-state index in [1.165, 1.54) is 83.0 Å². The number of aromatic nitrogens is 2. The van der Waals surface area contributed by atoms with E-state index in [1.54, 1.807) is 24.3 Å². The number of carbonyl (C=O) groups excluding carboxylic acids is 2. The van der Waals surface area contributed by atoms with Gasteiger partial charge in [-0.1, -0.05) is 31.4 Å². The lowest BCUT2D eigenvalue weighted by Crippen LogP contribution is -2.46. The third-order valence-electron chi connectivity index (χ3n) is 11.5. The number of nitrogens with zero attached hydrogens (tertiary/aromatic N) is 3. The Morgan fingerprint density at radius 3 is 2.19 bits per heavy atom. The highest BCUT2D eigenvalue weighted by molar-refractivity contribution is 6.04. The fraction of sp³-hybridized carbons (Fsp3) is 0.513. The van der Waals surface area contributed by atoms with Crippen LogP contribution in [0, 0.1) is 33.3 Å². The van der Waals surface area contributed by atoms with Gasteiger partial charge in [0.2, 0.25) is 0 Å². The molecule has 3 aromatic rings. The number of nitro groups is 1. The van der Waals surface area contributed by atoms with Gasteiger partial charge < -0.3 is 25.4 Å². The number of anilines is 1. The van der Waals surface area contributed by atoms with Crippen molar-refractivity contribution < 1.29 is 34.3 Å². The first-order chi connectivity index (χ1) is 24.9. The number of aromatic carboxylic acids is 1. The van der Waals surface area contributed by atoms with Crippen LogP contribution < -0.4 is 5.32 Å². The minimum absolute atomic E-state index is 0.0794. The van der Waals surface area contributed by atoms with Gasteiger partial charge in [0, 0.05) is 42.0 Å². The molecule has 0 atom stereocenters. The number of carboxylic acid groups (broad SMARTS) is 2. The Bertz CT molecular complexity index is 1770. The average molecular weight is 714 g/mol. The lowest BCUT2D eigenvalue weighted by molar-refractivity contribution is -0.384. The van der Waals surface area contributed by atoms with E-state index in [0.717, 1.165) is 65.9 Å². The van der Waals surface area contributed by atoms with Crippen LogP contribution in [0.4, 0.5) is 11.4 Å². The van der Waals surface area contributed by atoms with Crippen LogP contribution >= 0.6 is 0 Å². The molecular formula is C39H47N5O8. The van der Waals surface area contributed by atoms with Crippen LogP contribution in [0.5, 0.6) is 0 Å².